The highest BCUT2D eigenvalue weighted by Gasteiger charge is 2.07. The van der Waals surface area contributed by atoms with Crippen molar-refractivity contribution in [3.63, 3.8) is 0 Å². The average Bonchev–Trinajstić information content (AvgIpc) is 2.70. The van der Waals surface area contributed by atoms with E-state index in [1.807, 2.05) is 42.5 Å². The number of benzene rings is 2. The minimum Gasteiger partial charge on any atom is -0.424 e. The molecule has 0 saturated heterocycles. The van der Waals surface area contributed by atoms with E-state index in [-0.39, 0.29) is 0 Å². The predicted octanol–water partition coefficient (Wildman–Crippen LogP) is 3.45. The van der Waals surface area contributed by atoms with E-state index < -0.39 is 0 Å². The number of anilines is 2. The molecule has 4 aromatic rings. The number of nitrogens with one attached hydrogen (secondary N) is 1. The van der Waals surface area contributed by atoms with Crippen molar-refractivity contribution in [3.8, 4) is 11.8 Å². The Kier molecular flexibility index (Phi) is 4.74. The first-order valence-electron chi connectivity index (χ1n) is 8.56. The molecule has 4 rings (SSSR count). The maximum Gasteiger partial charge on any atom is 0.321 e. The van der Waals surface area contributed by atoms with E-state index in [2.05, 4.69) is 25.3 Å². The lowest BCUT2D eigenvalue weighted by molar-refractivity contribution is 0.437. The van der Waals surface area contributed by atoms with Crippen molar-refractivity contribution in [3.05, 3.63) is 72.8 Å². The number of fused-ring (bicyclic) bond motifs is 1. The van der Waals surface area contributed by atoms with Crippen LogP contribution < -0.4 is 15.8 Å². The number of rotatable bonds is 6. The van der Waals surface area contributed by atoms with Gasteiger partial charge in [-0.25, -0.2) is 19.9 Å². The Balaban J connectivity index is 1.48. The second-order valence-corrected chi connectivity index (χ2v) is 5.92. The number of nitrogens with zero attached hydrogens (tertiary/aromatic N) is 4. The smallest absolute Gasteiger partial charge is 0.321 e. The molecule has 0 atom stereocenters. The molecule has 7 heteroatoms. The number of nitrogens with two attached hydrogens (primary N) is 1. The molecule has 0 spiro atoms. The summed E-state index contributed by atoms with van der Waals surface area (Å²) in [6, 6.07) is 15.5. The van der Waals surface area contributed by atoms with Gasteiger partial charge >= 0.3 is 6.01 Å². The quantitative estimate of drug-likeness (QED) is 0.509. The van der Waals surface area contributed by atoms with E-state index in [0.717, 1.165) is 34.5 Å². The summed E-state index contributed by atoms with van der Waals surface area (Å²) in [4.78, 5) is 16.8. The minimum atomic E-state index is 0.329. The number of aromatic nitrogens is 4. The molecule has 27 heavy (non-hydrogen) atoms. The fourth-order valence-corrected chi connectivity index (χ4v) is 2.78. The lowest BCUT2D eigenvalue weighted by atomic mass is 10.1. The average molecular weight is 358 g/mol. The molecular weight excluding hydrogens is 340 g/mol. The number of hydrogen-bond acceptors (Lipinski definition) is 7. The molecule has 2 aromatic carbocycles. The number of para-hydroxylation sites is 1. The third-order valence-electron chi connectivity index (χ3n) is 4.06. The molecule has 0 aliphatic heterocycles. The van der Waals surface area contributed by atoms with Gasteiger partial charge in [0, 0.05) is 30.0 Å². The van der Waals surface area contributed by atoms with Gasteiger partial charge in [0.2, 0.25) is 0 Å². The molecule has 7 nitrogen and oxygen atoms in total. The van der Waals surface area contributed by atoms with E-state index in [0.29, 0.717) is 18.2 Å². The maximum absolute atomic E-state index is 5.89. The van der Waals surface area contributed by atoms with E-state index in [1.54, 1.807) is 24.8 Å². The number of ether oxygens (including phenoxy) is 1. The standard InChI is InChI=1S/C20H18N6O/c21-15-6-7-17-16(12-15)19(26-13-25-17)22-11-8-14-4-1-2-5-18(14)27-20-23-9-3-10-24-20/h1-7,9-10,12-13H,8,11,21H2,(H,22,25,26). The maximum atomic E-state index is 5.89. The molecule has 0 unspecified atom stereocenters. The van der Waals surface area contributed by atoms with Crippen LogP contribution in [0.15, 0.2) is 67.3 Å². The minimum absolute atomic E-state index is 0.329. The first-order chi connectivity index (χ1) is 13.3. The monoisotopic (exact) mass is 358 g/mol. The zero-order chi connectivity index (χ0) is 18.5. The largest absolute Gasteiger partial charge is 0.424 e. The molecule has 2 aromatic heterocycles. The fraction of sp³-hybridized carbons (Fsp3) is 0.100. The Morgan fingerprint density at radius 3 is 2.67 bits per heavy atom. The van der Waals surface area contributed by atoms with Gasteiger partial charge in [0.1, 0.15) is 17.9 Å². The molecule has 0 aliphatic carbocycles. The molecule has 0 radical (unpaired) electrons. The van der Waals surface area contributed by atoms with Crippen LogP contribution in [0.1, 0.15) is 5.56 Å². The summed E-state index contributed by atoms with van der Waals surface area (Å²) in [5.74, 6) is 1.50. The van der Waals surface area contributed by atoms with Gasteiger partial charge in [-0.1, -0.05) is 18.2 Å². The van der Waals surface area contributed by atoms with Crippen LogP contribution in [0, 0.1) is 0 Å². The van der Waals surface area contributed by atoms with Crippen LogP contribution in [0.25, 0.3) is 10.9 Å². The van der Waals surface area contributed by atoms with Crippen molar-refractivity contribution in [2.45, 2.75) is 6.42 Å². The van der Waals surface area contributed by atoms with Crippen molar-refractivity contribution in [1.29, 1.82) is 0 Å². The van der Waals surface area contributed by atoms with Crippen molar-refractivity contribution in [1.82, 2.24) is 19.9 Å². The molecule has 0 amide bonds. The Bertz CT molecular complexity index is 1050. The van der Waals surface area contributed by atoms with Crippen molar-refractivity contribution < 1.29 is 4.74 Å². The van der Waals surface area contributed by atoms with Gasteiger partial charge in [-0.2, -0.15) is 0 Å². The Labute approximate surface area is 156 Å². The zero-order valence-electron chi connectivity index (χ0n) is 14.5. The molecule has 134 valence electrons. The summed E-state index contributed by atoms with van der Waals surface area (Å²) in [7, 11) is 0. The lowest BCUT2D eigenvalue weighted by Gasteiger charge is -2.11. The van der Waals surface area contributed by atoms with Crippen LogP contribution in [-0.2, 0) is 6.42 Å². The van der Waals surface area contributed by atoms with E-state index >= 15 is 0 Å². The van der Waals surface area contributed by atoms with Crippen molar-refractivity contribution >= 4 is 22.4 Å². The van der Waals surface area contributed by atoms with Crippen molar-refractivity contribution in [2.75, 3.05) is 17.6 Å². The summed E-state index contributed by atoms with van der Waals surface area (Å²) in [5.41, 5.74) is 8.48. The van der Waals surface area contributed by atoms with Crippen LogP contribution in [0.3, 0.4) is 0 Å². The highest BCUT2D eigenvalue weighted by Crippen LogP contribution is 2.24. The normalized spacial score (nSPS) is 10.7. The van der Waals surface area contributed by atoms with Crippen molar-refractivity contribution in [2.24, 2.45) is 0 Å². The van der Waals surface area contributed by atoms with Crippen LogP contribution in [0.5, 0.6) is 11.8 Å². The molecule has 0 fully saturated rings. The summed E-state index contributed by atoms with van der Waals surface area (Å²) in [6.45, 7) is 0.678. The summed E-state index contributed by atoms with van der Waals surface area (Å²) < 4.78 is 5.81. The van der Waals surface area contributed by atoms with E-state index in [1.165, 1.54) is 0 Å². The van der Waals surface area contributed by atoms with Crippen LogP contribution in [0.2, 0.25) is 0 Å². The Morgan fingerprint density at radius 1 is 0.926 bits per heavy atom. The van der Waals surface area contributed by atoms with Gasteiger partial charge in [-0.3, -0.25) is 0 Å². The molecule has 3 N–H and O–H groups in total. The first kappa shape index (κ1) is 16.7. The van der Waals surface area contributed by atoms with E-state index in [4.69, 9.17) is 10.5 Å². The van der Waals surface area contributed by atoms with Gasteiger partial charge in [-0.15, -0.1) is 0 Å². The SMILES string of the molecule is Nc1ccc2ncnc(NCCc3ccccc3Oc3ncccn3)c2c1. The molecular formula is C20H18N6O. The number of nitrogen functional groups attached to an aromatic ring is 1. The van der Waals surface area contributed by atoms with Gasteiger partial charge in [0.15, 0.2) is 0 Å². The van der Waals surface area contributed by atoms with Gasteiger partial charge < -0.3 is 15.8 Å². The Hall–Kier alpha value is -3.74. The summed E-state index contributed by atoms with van der Waals surface area (Å²) in [5, 5.41) is 4.26. The molecule has 2 heterocycles. The summed E-state index contributed by atoms with van der Waals surface area (Å²) >= 11 is 0. The number of hydrogen-bond donors (Lipinski definition) is 2. The van der Waals surface area contributed by atoms with E-state index in [9.17, 15) is 0 Å². The Morgan fingerprint density at radius 2 is 1.78 bits per heavy atom. The topological polar surface area (TPSA) is 98.8 Å². The lowest BCUT2D eigenvalue weighted by Crippen LogP contribution is -2.08. The highest BCUT2D eigenvalue weighted by atomic mass is 16.5. The molecule has 0 saturated carbocycles. The first-order valence-corrected chi connectivity index (χ1v) is 8.56. The van der Waals surface area contributed by atoms with Gasteiger partial charge in [0.25, 0.3) is 0 Å². The van der Waals surface area contributed by atoms with Crippen LogP contribution in [-0.4, -0.2) is 26.5 Å². The third kappa shape index (κ3) is 3.92. The van der Waals surface area contributed by atoms with Gasteiger partial charge in [0.05, 0.1) is 5.52 Å². The predicted molar refractivity (Wildman–Crippen MR) is 105 cm³/mol. The third-order valence-corrected chi connectivity index (χ3v) is 4.06. The van der Waals surface area contributed by atoms with Gasteiger partial charge in [-0.05, 0) is 42.3 Å². The van der Waals surface area contributed by atoms with Crippen LogP contribution in [0.4, 0.5) is 11.5 Å². The van der Waals surface area contributed by atoms with Crippen LogP contribution >= 0.6 is 0 Å². The zero-order valence-corrected chi connectivity index (χ0v) is 14.5. The second kappa shape index (κ2) is 7.65. The molecule has 0 aliphatic rings. The summed E-state index contributed by atoms with van der Waals surface area (Å²) in [6.07, 6.45) is 5.60. The molecule has 0 bridgehead atoms. The second-order valence-electron chi connectivity index (χ2n) is 5.92. The fourth-order valence-electron chi connectivity index (χ4n) is 2.78. The highest BCUT2D eigenvalue weighted by molar-refractivity contribution is 5.91.